The molecule has 0 aliphatic carbocycles. The lowest BCUT2D eigenvalue weighted by atomic mass is 10.0. The summed E-state index contributed by atoms with van der Waals surface area (Å²) in [5.41, 5.74) is 2.45. The van der Waals surface area contributed by atoms with Crippen LogP contribution in [0.1, 0.15) is 22.0 Å². The zero-order valence-electron chi connectivity index (χ0n) is 9.93. The average molecular weight is 410 g/mol. The van der Waals surface area contributed by atoms with Gasteiger partial charge in [-0.15, -0.1) is 11.3 Å². The molecule has 5 heteroatoms. The second-order valence-electron chi connectivity index (χ2n) is 3.99. The van der Waals surface area contributed by atoms with E-state index in [1.54, 1.807) is 11.3 Å². The van der Waals surface area contributed by atoms with Crippen LogP contribution in [-0.2, 0) is 0 Å². The first-order valence-corrected chi connectivity index (χ1v) is 8.19. The zero-order valence-corrected chi connectivity index (χ0v) is 14.7. The van der Waals surface area contributed by atoms with Crippen LogP contribution in [0, 0.1) is 6.92 Å². The molecule has 2 rings (SSSR count). The first-order valence-electron chi connectivity index (χ1n) is 5.41. The minimum Gasteiger partial charge on any atom is -0.309 e. The third-order valence-electron chi connectivity index (χ3n) is 2.78. The number of rotatable bonds is 3. The summed E-state index contributed by atoms with van der Waals surface area (Å²) in [6.45, 7) is 2.09. The zero-order chi connectivity index (χ0) is 13.3. The fourth-order valence-corrected chi connectivity index (χ4v) is 4.37. The Kier molecular flexibility index (Phi) is 4.89. The summed E-state index contributed by atoms with van der Waals surface area (Å²) in [5.74, 6) is 0. The Morgan fingerprint density at radius 1 is 1.28 bits per heavy atom. The molecule has 0 aliphatic rings. The van der Waals surface area contributed by atoms with Crippen LogP contribution in [0.2, 0.25) is 5.02 Å². The van der Waals surface area contributed by atoms with E-state index >= 15 is 0 Å². The fraction of sp³-hybridized carbons (Fsp3) is 0.231. The highest BCUT2D eigenvalue weighted by atomic mass is 79.9. The maximum Gasteiger partial charge on any atom is 0.0843 e. The number of hydrogen-bond acceptors (Lipinski definition) is 2. The lowest BCUT2D eigenvalue weighted by Gasteiger charge is -2.17. The average Bonchev–Trinajstić information content (AvgIpc) is 2.63. The van der Waals surface area contributed by atoms with Crippen molar-refractivity contribution in [1.82, 2.24) is 5.32 Å². The predicted octanol–water partition coefficient (Wildman–Crippen LogP) is 5.54. The van der Waals surface area contributed by atoms with Crippen molar-refractivity contribution in [3.63, 3.8) is 0 Å². The van der Waals surface area contributed by atoms with Crippen LogP contribution in [0.15, 0.2) is 32.5 Å². The van der Waals surface area contributed by atoms with Gasteiger partial charge in [-0.25, -0.2) is 0 Å². The van der Waals surface area contributed by atoms with Crippen molar-refractivity contribution in [2.24, 2.45) is 0 Å². The van der Waals surface area contributed by atoms with Gasteiger partial charge >= 0.3 is 0 Å². The molecular weight excluding hydrogens is 397 g/mol. The van der Waals surface area contributed by atoms with Crippen molar-refractivity contribution >= 4 is 54.8 Å². The van der Waals surface area contributed by atoms with Crippen molar-refractivity contribution in [3.8, 4) is 0 Å². The molecule has 18 heavy (non-hydrogen) atoms. The van der Waals surface area contributed by atoms with Gasteiger partial charge in [0.05, 0.1) is 9.83 Å². The van der Waals surface area contributed by atoms with Crippen molar-refractivity contribution in [2.45, 2.75) is 13.0 Å². The van der Waals surface area contributed by atoms with Gasteiger partial charge < -0.3 is 5.32 Å². The first kappa shape index (κ1) is 14.5. The summed E-state index contributed by atoms with van der Waals surface area (Å²) >= 11 is 14.8. The molecule has 0 amide bonds. The fourth-order valence-electron chi connectivity index (χ4n) is 1.92. The van der Waals surface area contributed by atoms with Crippen LogP contribution in [-0.4, -0.2) is 7.05 Å². The van der Waals surface area contributed by atoms with Crippen LogP contribution in [0.25, 0.3) is 0 Å². The number of benzene rings is 1. The van der Waals surface area contributed by atoms with E-state index < -0.39 is 0 Å². The van der Waals surface area contributed by atoms with E-state index in [2.05, 4.69) is 56.2 Å². The lowest BCUT2D eigenvalue weighted by Crippen LogP contribution is -2.17. The predicted molar refractivity (Wildman–Crippen MR) is 86.8 cm³/mol. The molecule has 0 fully saturated rings. The quantitative estimate of drug-likeness (QED) is 0.701. The summed E-state index contributed by atoms with van der Waals surface area (Å²) < 4.78 is 2.21. The Morgan fingerprint density at radius 2 is 2.00 bits per heavy atom. The first-order chi connectivity index (χ1) is 8.52. The van der Waals surface area contributed by atoms with E-state index in [1.165, 1.54) is 16.0 Å². The van der Waals surface area contributed by atoms with Crippen LogP contribution < -0.4 is 5.32 Å². The van der Waals surface area contributed by atoms with Crippen LogP contribution >= 0.6 is 54.8 Å². The molecule has 1 atom stereocenters. The van der Waals surface area contributed by atoms with Crippen molar-refractivity contribution in [3.05, 3.63) is 53.6 Å². The monoisotopic (exact) mass is 407 g/mol. The molecule has 0 aliphatic heterocycles. The Bertz CT molecular complexity index is 549. The molecule has 96 valence electrons. The molecule has 1 nitrogen and oxygen atoms in total. The third-order valence-corrected chi connectivity index (χ3v) is 6.34. The van der Waals surface area contributed by atoms with Gasteiger partial charge in [0, 0.05) is 14.4 Å². The maximum atomic E-state index is 6.01. The van der Waals surface area contributed by atoms with Crippen molar-refractivity contribution in [2.75, 3.05) is 7.05 Å². The summed E-state index contributed by atoms with van der Waals surface area (Å²) in [5, 5.41) is 4.14. The van der Waals surface area contributed by atoms with E-state index in [1.807, 2.05) is 19.2 Å². The Morgan fingerprint density at radius 3 is 2.50 bits per heavy atom. The van der Waals surface area contributed by atoms with Gasteiger partial charge in [0.15, 0.2) is 0 Å². The van der Waals surface area contributed by atoms with Gasteiger partial charge in [0.1, 0.15) is 0 Å². The standard InChI is InChI=1S/C13H12Br2ClNS/c1-7-5-8(16)3-4-9(7)12(17-2)11-6-10(14)13(15)18-11/h3-6,12,17H,1-2H3. The maximum absolute atomic E-state index is 6.01. The van der Waals surface area contributed by atoms with Crippen molar-refractivity contribution in [1.29, 1.82) is 0 Å². The van der Waals surface area contributed by atoms with Crippen LogP contribution in [0.5, 0.6) is 0 Å². The van der Waals surface area contributed by atoms with E-state index in [-0.39, 0.29) is 6.04 Å². The molecule has 0 spiro atoms. The molecule has 1 N–H and O–H groups in total. The van der Waals surface area contributed by atoms with Gasteiger partial charge in [-0.3, -0.25) is 0 Å². The SMILES string of the molecule is CNC(c1cc(Br)c(Br)s1)c1ccc(Cl)cc1C. The smallest absolute Gasteiger partial charge is 0.0843 e. The molecular formula is C13H12Br2ClNS. The molecule has 1 heterocycles. The molecule has 0 radical (unpaired) electrons. The highest BCUT2D eigenvalue weighted by Gasteiger charge is 2.17. The highest BCUT2D eigenvalue weighted by molar-refractivity contribution is 9.13. The summed E-state index contributed by atoms with van der Waals surface area (Å²) in [6.07, 6.45) is 0. The van der Waals surface area contributed by atoms with Gasteiger partial charge in [-0.2, -0.15) is 0 Å². The molecule has 0 saturated heterocycles. The number of aryl methyl sites for hydroxylation is 1. The molecule has 0 saturated carbocycles. The molecule has 2 aromatic rings. The second-order valence-corrected chi connectivity index (χ2v) is 7.69. The molecule has 0 bridgehead atoms. The molecule has 1 unspecified atom stereocenters. The largest absolute Gasteiger partial charge is 0.309 e. The van der Waals surface area contributed by atoms with Crippen LogP contribution in [0.4, 0.5) is 0 Å². The van der Waals surface area contributed by atoms with Gasteiger partial charge in [0.2, 0.25) is 0 Å². The number of nitrogens with one attached hydrogen (secondary N) is 1. The normalized spacial score (nSPS) is 12.7. The van der Waals surface area contributed by atoms with Gasteiger partial charge in [-0.1, -0.05) is 17.7 Å². The van der Waals surface area contributed by atoms with E-state index in [4.69, 9.17) is 11.6 Å². The minimum atomic E-state index is 0.190. The Hall–Kier alpha value is 0.130. The van der Waals surface area contributed by atoms with Crippen molar-refractivity contribution < 1.29 is 0 Å². The van der Waals surface area contributed by atoms with E-state index in [9.17, 15) is 0 Å². The topological polar surface area (TPSA) is 12.0 Å². The lowest BCUT2D eigenvalue weighted by molar-refractivity contribution is 0.699. The summed E-state index contributed by atoms with van der Waals surface area (Å²) in [6, 6.07) is 8.35. The number of hydrogen-bond donors (Lipinski definition) is 1. The Labute approximate surface area is 133 Å². The van der Waals surface area contributed by atoms with E-state index in [0.717, 1.165) is 13.3 Å². The minimum absolute atomic E-state index is 0.190. The number of thiophene rings is 1. The summed E-state index contributed by atoms with van der Waals surface area (Å²) in [4.78, 5) is 1.27. The van der Waals surface area contributed by atoms with Gasteiger partial charge in [-0.05, 0) is 75.2 Å². The highest BCUT2D eigenvalue weighted by Crippen LogP contribution is 2.38. The number of halogens is 3. The summed E-state index contributed by atoms with van der Waals surface area (Å²) in [7, 11) is 1.97. The Balaban J connectivity index is 2.45. The molecule has 1 aromatic heterocycles. The molecule has 1 aromatic carbocycles. The van der Waals surface area contributed by atoms with Crippen LogP contribution in [0.3, 0.4) is 0 Å². The van der Waals surface area contributed by atoms with E-state index in [0.29, 0.717) is 0 Å². The second kappa shape index (κ2) is 6.06. The third kappa shape index (κ3) is 2.99. The van der Waals surface area contributed by atoms with Gasteiger partial charge in [0.25, 0.3) is 0 Å².